The number of nitrogens with one attached hydrogen (secondary N) is 1. The number of anilines is 1. The Morgan fingerprint density at radius 1 is 1.62 bits per heavy atom. The molecule has 0 aliphatic carbocycles. The Morgan fingerprint density at radius 3 is 3.10 bits per heavy atom. The predicted octanol–water partition coefficient (Wildman–Crippen LogP) is 1.21. The van der Waals surface area contributed by atoms with Gasteiger partial charge < -0.3 is 20.1 Å². The van der Waals surface area contributed by atoms with E-state index in [9.17, 15) is 9.18 Å². The zero-order valence-electron chi connectivity index (χ0n) is 11.8. The van der Waals surface area contributed by atoms with Crippen molar-refractivity contribution in [1.82, 2.24) is 5.32 Å². The summed E-state index contributed by atoms with van der Waals surface area (Å²) in [6, 6.07) is 5.03. The quantitative estimate of drug-likeness (QED) is 0.773. The molecular weight excluding hydrogens is 295 g/mol. The van der Waals surface area contributed by atoms with Gasteiger partial charge in [0.25, 0.3) is 0 Å². The Labute approximate surface area is 127 Å². The number of hydrogen-bond acceptors (Lipinski definition) is 5. The first-order valence-corrected chi connectivity index (χ1v) is 7.73. The molecule has 0 spiro atoms. The number of aliphatic hydroxyl groups excluding tert-OH is 1. The number of carbonyl (C=O) groups excluding carboxylic acids is 1. The van der Waals surface area contributed by atoms with Gasteiger partial charge in [-0.3, -0.25) is 4.79 Å². The molecule has 1 aromatic carbocycles. The van der Waals surface area contributed by atoms with E-state index in [2.05, 4.69) is 5.32 Å². The minimum absolute atomic E-state index is 0.0245. The third-order valence-electron chi connectivity index (χ3n) is 3.10. The topological polar surface area (TPSA) is 61.8 Å². The average molecular weight is 314 g/mol. The molecule has 0 aromatic heterocycles. The summed E-state index contributed by atoms with van der Waals surface area (Å²) in [4.78, 5) is 13.3. The van der Waals surface area contributed by atoms with Crippen molar-refractivity contribution in [3.63, 3.8) is 0 Å². The number of carbonyl (C=O) groups is 1. The smallest absolute Gasteiger partial charge is 0.216 e. The Hall–Kier alpha value is -1.31. The van der Waals surface area contributed by atoms with Crippen molar-refractivity contribution in [2.24, 2.45) is 0 Å². The van der Waals surface area contributed by atoms with Crippen molar-refractivity contribution < 1.29 is 19.0 Å². The fourth-order valence-corrected chi connectivity index (χ4v) is 2.74. The lowest BCUT2D eigenvalue weighted by atomic mass is 10.2. The molecule has 7 heteroatoms. The monoisotopic (exact) mass is 314 g/mol. The Bertz CT molecular complexity index is 501. The zero-order valence-corrected chi connectivity index (χ0v) is 12.7. The molecule has 0 unspecified atom stereocenters. The third-order valence-corrected chi connectivity index (χ3v) is 4.13. The molecule has 1 aromatic rings. The van der Waals surface area contributed by atoms with Crippen molar-refractivity contribution in [1.29, 1.82) is 0 Å². The molecule has 0 radical (unpaired) electrons. The fourth-order valence-electron chi connectivity index (χ4n) is 2.07. The SMILES string of the molecule is CC(=O)NC[C@H]1CN(c2ccc(SCCO)c(F)c2)CO1. The van der Waals surface area contributed by atoms with E-state index in [1.807, 2.05) is 11.0 Å². The van der Waals surface area contributed by atoms with Gasteiger partial charge in [0.1, 0.15) is 12.5 Å². The molecule has 1 saturated heterocycles. The molecule has 1 atom stereocenters. The maximum Gasteiger partial charge on any atom is 0.216 e. The minimum Gasteiger partial charge on any atom is -0.396 e. The van der Waals surface area contributed by atoms with E-state index in [-0.39, 0.29) is 24.4 Å². The van der Waals surface area contributed by atoms with Gasteiger partial charge in [-0.1, -0.05) is 0 Å². The van der Waals surface area contributed by atoms with Crippen molar-refractivity contribution in [2.75, 3.05) is 37.1 Å². The number of hydrogen-bond donors (Lipinski definition) is 2. The first kappa shape index (κ1) is 16.1. The van der Waals surface area contributed by atoms with Gasteiger partial charge in [-0.05, 0) is 18.2 Å². The normalized spacial score (nSPS) is 18.0. The maximum absolute atomic E-state index is 14.0. The lowest BCUT2D eigenvalue weighted by Gasteiger charge is -2.17. The van der Waals surface area contributed by atoms with Crippen LogP contribution in [0.1, 0.15) is 6.92 Å². The van der Waals surface area contributed by atoms with Crippen LogP contribution in [0.2, 0.25) is 0 Å². The van der Waals surface area contributed by atoms with E-state index < -0.39 is 0 Å². The maximum atomic E-state index is 14.0. The van der Waals surface area contributed by atoms with E-state index >= 15 is 0 Å². The van der Waals surface area contributed by atoms with Crippen LogP contribution >= 0.6 is 11.8 Å². The van der Waals surface area contributed by atoms with Crippen LogP contribution in [0, 0.1) is 5.82 Å². The number of thioether (sulfide) groups is 1. The number of aliphatic hydroxyl groups is 1. The van der Waals surface area contributed by atoms with E-state index in [1.165, 1.54) is 24.8 Å². The molecule has 21 heavy (non-hydrogen) atoms. The summed E-state index contributed by atoms with van der Waals surface area (Å²) >= 11 is 1.29. The fraction of sp³-hybridized carbons (Fsp3) is 0.500. The summed E-state index contributed by atoms with van der Waals surface area (Å²) in [6.07, 6.45) is -0.0830. The van der Waals surface area contributed by atoms with E-state index in [4.69, 9.17) is 9.84 Å². The minimum atomic E-state index is -0.295. The number of amides is 1. The molecule has 1 aliphatic rings. The van der Waals surface area contributed by atoms with Gasteiger partial charge in [0, 0.05) is 36.3 Å². The standard InChI is InChI=1S/C14H19FN2O3S/c1-10(19)16-7-12-8-17(9-20-12)11-2-3-14(13(15)6-11)21-5-4-18/h2-3,6,12,18H,4-5,7-9H2,1H3,(H,16,19)/t12-/m0/s1. The lowest BCUT2D eigenvalue weighted by Crippen LogP contribution is -2.33. The van der Waals surface area contributed by atoms with Crippen LogP contribution in [-0.4, -0.2) is 49.3 Å². The molecule has 116 valence electrons. The molecule has 0 saturated carbocycles. The summed E-state index contributed by atoms with van der Waals surface area (Å²) in [5, 5.41) is 11.5. The highest BCUT2D eigenvalue weighted by molar-refractivity contribution is 7.99. The molecule has 1 amide bonds. The molecule has 1 aliphatic heterocycles. The summed E-state index contributed by atoms with van der Waals surface area (Å²) in [7, 11) is 0. The van der Waals surface area contributed by atoms with Gasteiger partial charge in [0.05, 0.1) is 12.7 Å². The second kappa shape index (κ2) is 7.63. The lowest BCUT2D eigenvalue weighted by molar-refractivity contribution is -0.119. The summed E-state index contributed by atoms with van der Waals surface area (Å²) in [5.41, 5.74) is 0.756. The average Bonchev–Trinajstić information content (AvgIpc) is 2.92. The van der Waals surface area contributed by atoms with E-state index in [1.54, 1.807) is 6.07 Å². The predicted molar refractivity (Wildman–Crippen MR) is 80.0 cm³/mol. The first-order chi connectivity index (χ1) is 10.1. The molecular formula is C14H19FN2O3S. The van der Waals surface area contributed by atoms with Crippen molar-refractivity contribution in [3.05, 3.63) is 24.0 Å². The zero-order chi connectivity index (χ0) is 15.2. The number of ether oxygens (including phenoxy) is 1. The Kier molecular flexibility index (Phi) is 5.84. The van der Waals surface area contributed by atoms with Crippen LogP contribution in [0.4, 0.5) is 10.1 Å². The summed E-state index contributed by atoms with van der Waals surface area (Å²) in [5.74, 6) is 0.0895. The van der Waals surface area contributed by atoms with Crippen molar-refractivity contribution >= 4 is 23.4 Å². The summed E-state index contributed by atoms with van der Waals surface area (Å²) in [6.45, 7) is 2.94. The van der Waals surface area contributed by atoms with Gasteiger partial charge >= 0.3 is 0 Å². The Morgan fingerprint density at radius 2 is 2.43 bits per heavy atom. The van der Waals surface area contributed by atoms with Crippen LogP contribution in [0.25, 0.3) is 0 Å². The second-order valence-electron chi connectivity index (χ2n) is 4.76. The van der Waals surface area contributed by atoms with Crippen molar-refractivity contribution in [3.8, 4) is 0 Å². The largest absolute Gasteiger partial charge is 0.396 e. The molecule has 0 bridgehead atoms. The first-order valence-electron chi connectivity index (χ1n) is 6.74. The van der Waals surface area contributed by atoms with Crippen molar-refractivity contribution in [2.45, 2.75) is 17.9 Å². The van der Waals surface area contributed by atoms with Gasteiger partial charge in [-0.15, -0.1) is 11.8 Å². The van der Waals surface area contributed by atoms with Crippen LogP contribution in [0.3, 0.4) is 0 Å². The molecule has 2 N–H and O–H groups in total. The van der Waals surface area contributed by atoms with Crippen LogP contribution in [-0.2, 0) is 9.53 Å². The molecule has 2 rings (SSSR count). The van der Waals surface area contributed by atoms with Crippen LogP contribution < -0.4 is 10.2 Å². The third kappa shape index (κ3) is 4.59. The Balaban J connectivity index is 1.93. The summed E-state index contributed by atoms with van der Waals surface area (Å²) < 4.78 is 19.5. The van der Waals surface area contributed by atoms with Gasteiger partial charge in [-0.25, -0.2) is 4.39 Å². The highest BCUT2D eigenvalue weighted by atomic mass is 32.2. The van der Waals surface area contributed by atoms with Crippen LogP contribution in [0.5, 0.6) is 0 Å². The van der Waals surface area contributed by atoms with Gasteiger partial charge in [0.15, 0.2) is 0 Å². The van der Waals surface area contributed by atoms with E-state index in [0.29, 0.717) is 30.5 Å². The second-order valence-corrected chi connectivity index (χ2v) is 5.90. The van der Waals surface area contributed by atoms with E-state index in [0.717, 1.165) is 5.69 Å². The molecule has 1 heterocycles. The molecule has 1 fully saturated rings. The molecule has 5 nitrogen and oxygen atoms in total. The van der Waals surface area contributed by atoms with Gasteiger partial charge in [-0.2, -0.15) is 0 Å². The highest BCUT2D eigenvalue weighted by Crippen LogP contribution is 2.27. The number of halogens is 1. The number of benzene rings is 1. The highest BCUT2D eigenvalue weighted by Gasteiger charge is 2.24. The van der Waals surface area contributed by atoms with Crippen LogP contribution in [0.15, 0.2) is 23.1 Å². The number of rotatable bonds is 6. The van der Waals surface area contributed by atoms with Gasteiger partial charge in [0.2, 0.25) is 5.91 Å². The number of nitrogens with zero attached hydrogens (tertiary/aromatic N) is 1.